The van der Waals surface area contributed by atoms with Crippen LogP contribution in [0.4, 0.5) is 4.39 Å². The third kappa shape index (κ3) is 2.56. The second kappa shape index (κ2) is 5.17. The van der Waals surface area contributed by atoms with E-state index in [4.69, 9.17) is 16.7 Å². The number of amides is 1. The van der Waals surface area contributed by atoms with Crippen LogP contribution in [0.2, 0.25) is 5.02 Å². The molecule has 1 fully saturated rings. The zero-order valence-electron chi connectivity index (χ0n) is 10.3. The minimum atomic E-state index is -1.03. The Morgan fingerprint density at radius 1 is 1.47 bits per heavy atom. The van der Waals surface area contributed by atoms with Gasteiger partial charge in [-0.05, 0) is 37.5 Å². The number of halogens is 2. The Morgan fingerprint density at radius 2 is 2.16 bits per heavy atom. The van der Waals surface area contributed by atoms with Crippen LogP contribution < -0.4 is 0 Å². The molecular formula is C13H13ClFNO3. The maximum Gasteiger partial charge on any atom is 0.326 e. The number of aliphatic carboxylic acids is 1. The van der Waals surface area contributed by atoms with E-state index in [1.807, 2.05) is 0 Å². The molecule has 19 heavy (non-hydrogen) atoms. The van der Waals surface area contributed by atoms with Gasteiger partial charge in [-0.1, -0.05) is 11.6 Å². The molecule has 0 aliphatic carbocycles. The van der Waals surface area contributed by atoms with Gasteiger partial charge in [-0.3, -0.25) is 4.79 Å². The van der Waals surface area contributed by atoms with E-state index in [1.165, 1.54) is 17.9 Å². The number of carbonyl (C=O) groups is 2. The Balaban J connectivity index is 2.34. The lowest BCUT2D eigenvalue weighted by Crippen LogP contribution is -2.40. The van der Waals surface area contributed by atoms with Crippen LogP contribution >= 0.6 is 11.6 Å². The fourth-order valence-corrected chi connectivity index (χ4v) is 2.47. The maximum absolute atomic E-state index is 13.3. The van der Waals surface area contributed by atoms with Crippen molar-refractivity contribution in [3.8, 4) is 0 Å². The fraction of sp³-hybridized carbons (Fsp3) is 0.385. The predicted molar refractivity (Wildman–Crippen MR) is 67.8 cm³/mol. The highest BCUT2D eigenvalue weighted by Crippen LogP contribution is 2.26. The number of carboxylic acids is 1. The molecule has 102 valence electrons. The molecule has 1 atom stereocenters. The molecule has 1 heterocycles. The Kier molecular flexibility index (Phi) is 3.75. The standard InChI is InChI=1S/C13H13ClFNO3/c1-7-5-8(9(14)6-10(7)15)12(17)16-4-2-3-11(16)13(18)19/h5-6,11H,2-4H2,1H3,(H,18,19)/t11-/m0/s1. The predicted octanol–water partition coefficient (Wildman–Crippen LogP) is 2.48. The lowest BCUT2D eigenvalue weighted by molar-refractivity contribution is -0.141. The van der Waals surface area contributed by atoms with Gasteiger partial charge in [0.2, 0.25) is 0 Å². The second-order valence-electron chi connectivity index (χ2n) is 4.58. The topological polar surface area (TPSA) is 57.6 Å². The molecule has 1 aliphatic heterocycles. The van der Waals surface area contributed by atoms with E-state index in [0.29, 0.717) is 24.9 Å². The SMILES string of the molecule is Cc1cc(C(=O)N2CCC[C@H]2C(=O)O)c(Cl)cc1F. The molecule has 1 aliphatic rings. The van der Waals surface area contributed by atoms with Crippen molar-refractivity contribution in [3.05, 3.63) is 34.1 Å². The van der Waals surface area contributed by atoms with E-state index in [2.05, 4.69) is 0 Å². The summed E-state index contributed by atoms with van der Waals surface area (Å²) in [6.45, 7) is 1.91. The molecule has 0 aromatic heterocycles. The highest BCUT2D eigenvalue weighted by atomic mass is 35.5. The summed E-state index contributed by atoms with van der Waals surface area (Å²) in [5.74, 6) is -1.98. The van der Waals surface area contributed by atoms with Crippen LogP contribution in [0, 0.1) is 12.7 Å². The van der Waals surface area contributed by atoms with Crippen LogP contribution in [0.3, 0.4) is 0 Å². The van der Waals surface area contributed by atoms with Gasteiger partial charge in [-0.25, -0.2) is 9.18 Å². The van der Waals surface area contributed by atoms with Gasteiger partial charge in [0.15, 0.2) is 0 Å². The van der Waals surface area contributed by atoms with E-state index < -0.39 is 23.7 Å². The maximum atomic E-state index is 13.3. The van der Waals surface area contributed by atoms with Gasteiger partial charge in [0.05, 0.1) is 10.6 Å². The summed E-state index contributed by atoms with van der Waals surface area (Å²) in [5, 5.41) is 9.06. The third-order valence-corrected chi connectivity index (χ3v) is 3.59. The average Bonchev–Trinajstić information content (AvgIpc) is 2.82. The Labute approximate surface area is 114 Å². The van der Waals surface area contributed by atoms with Crippen molar-refractivity contribution >= 4 is 23.5 Å². The summed E-state index contributed by atoms with van der Waals surface area (Å²) < 4.78 is 13.3. The number of hydrogen-bond acceptors (Lipinski definition) is 2. The van der Waals surface area contributed by atoms with Gasteiger partial charge < -0.3 is 10.0 Å². The average molecular weight is 286 g/mol. The first-order valence-corrected chi connectivity index (χ1v) is 6.29. The molecule has 1 aromatic rings. The summed E-state index contributed by atoms with van der Waals surface area (Å²) in [7, 11) is 0. The molecule has 2 rings (SSSR count). The number of aryl methyl sites for hydroxylation is 1. The number of hydrogen-bond donors (Lipinski definition) is 1. The van der Waals surface area contributed by atoms with Crippen molar-refractivity contribution in [2.45, 2.75) is 25.8 Å². The van der Waals surface area contributed by atoms with Crippen molar-refractivity contribution in [1.82, 2.24) is 4.90 Å². The Morgan fingerprint density at radius 3 is 2.79 bits per heavy atom. The second-order valence-corrected chi connectivity index (χ2v) is 4.98. The van der Waals surface area contributed by atoms with E-state index in [1.54, 1.807) is 0 Å². The monoisotopic (exact) mass is 285 g/mol. The van der Waals surface area contributed by atoms with E-state index >= 15 is 0 Å². The molecule has 1 N–H and O–H groups in total. The first-order valence-electron chi connectivity index (χ1n) is 5.91. The van der Waals surface area contributed by atoms with Crippen molar-refractivity contribution in [2.75, 3.05) is 6.54 Å². The van der Waals surface area contributed by atoms with Gasteiger partial charge in [0, 0.05) is 6.54 Å². The van der Waals surface area contributed by atoms with Crippen molar-refractivity contribution in [3.63, 3.8) is 0 Å². The molecule has 4 nitrogen and oxygen atoms in total. The molecule has 0 spiro atoms. The van der Waals surface area contributed by atoms with Crippen LogP contribution in [-0.4, -0.2) is 34.5 Å². The van der Waals surface area contributed by atoms with E-state index in [-0.39, 0.29) is 10.6 Å². The first-order chi connectivity index (χ1) is 8.91. The fourth-order valence-electron chi connectivity index (χ4n) is 2.24. The van der Waals surface area contributed by atoms with E-state index in [9.17, 15) is 14.0 Å². The van der Waals surface area contributed by atoms with Crippen LogP contribution in [0.1, 0.15) is 28.8 Å². The molecule has 6 heteroatoms. The van der Waals surface area contributed by atoms with Crippen LogP contribution in [0.15, 0.2) is 12.1 Å². The van der Waals surface area contributed by atoms with E-state index in [0.717, 1.165) is 6.07 Å². The Bertz CT molecular complexity index is 547. The van der Waals surface area contributed by atoms with Crippen molar-refractivity contribution in [2.24, 2.45) is 0 Å². The zero-order valence-corrected chi connectivity index (χ0v) is 11.1. The Hall–Kier alpha value is -1.62. The zero-order chi connectivity index (χ0) is 14.2. The van der Waals surface area contributed by atoms with Crippen LogP contribution in [0.25, 0.3) is 0 Å². The summed E-state index contributed by atoms with van der Waals surface area (Å²) in [6, 6.07) is 1.61. The third-order valence-electron chi connectivity index (χ3n) is 3.28. The van der Waals surface area contributed by atoms with Gasteiger partial charge in [-0.15, -0.1) is 0 Å². The number of carbonyl (C=O) groups excluding carboxylic acids is 1. The highest BCUT2D eigenvalue weighted by molar-refractivity contribution is 6.33. The smallest absolute Gasteiger partial charge is 0.326 e. The first kappa shape index (κ1) is 13.8. The molecule has 0 unspecified atom stereocenters. The molecule has 1 amide bonds. The van der Waals surface area contributed by atoms with Gasteiger partial charge in [-0.2, -0.15) is 0 Å². The lowest BCUT2D eigenvalue weighted by atomic mass is 10.1. The minimum absolute atomic E-state index is 0.00383. The van der Waals surface area contributed by atoms with Crippen LogP contribution in [0.5, 0.6) is 0 Å². The lowest BCUT2D eigenvalue weighted by Gasteiger charge is -2.22. The molecule has 1 saturated heterocycles. The molecular weight excluding hydrogens is 273 g/mol. The van der Waals surface area contributed by atoms with Crippen LogP contribution in [-0.2, 0) is 4.79 Å². The number of benzene rings is 1. The molecule has 1 aromatic carbocycles. The normalized spacial score (nSPS) is 18.7. The number of carboxylic acid groups (broad SMARTS) is 1. The molecule has 0 bridgehead atoms. The highest BCUT2D eigenvalue weighted by Gasteiger charge is 2.35. The summed E-state index contributed by atoms with van der Waals surface area (Å²) in [5.41, 5.74) is 0.451. The van der Waals surface area contributed by atoms with Gasteiger partial charge >= 0.3 is 5.97 Å². The minimum Gasteiger partial charge on any atom is -0.480 e. The summed E-state index contributed by atoms with van der Waals surface area (Å²) >= 11 is 5.87. The molecule has 0 saturated carbocycles. The number of likely N-dealkylation sites (tertiary alicyclic amines) is 1. The summed E-state index contributed by atoms with van der Waals surface area (Å²) in [4.78, 5) is 24.6. The number of nitrogens with zero attached hydrogens (tertiary/aromatic N) is 1. The quantitative estimate of drug-likeness (QED) is 0.908. The van der Waals surface area contributed by atoms with Crippen molar-refractivity contribution < 1.29 is 19.1 Å². The number of rotatable bonds is 2. The van der Waals surface area contributed by atoms with Gasteiger partial charge in [0.1, 0.15) is 11.9 Å². The molecule has 0 radical (unpaired) electrons. The van der Waals surface area contributed by atoms with Crippen molar-refractivity contribution in [1.29, 1.82) is 0 Å². The largest absolute Gasteiger partial charge is 0.480 e. The summed E-state index contributed by atoms with van der Waals surface area (Å²) in [6.07, 6.45) is 1.07. The van der Waals surface area contributed by atoms with Gasteiger partial charge in [0.25, 0.3) is 5.91 Å².